The quantitative estimate of drug-likeness (QED) is 0.843. The van der Waals surface area contributed by atoms with E-state index in [4.69, 9.17) is 5.73 Å². The fourth-order valence-electron chi connectivity index (χ4n) is 3.50. The van der Waals surface area contributed by atoms with Crippen LogP contribution in [0.5, 0.6) is 0 Å². The molecule has 20 heavy (non-hydrogen) atoms. The molecule has 1 aliphatic carbocycles. The van der Waals surface area contributed by atoms with Crippen LogP contribution in [0.25, 0.3) is 0 Å². The Morgan fingerprint density at radius 3 is 2.60 bits per heavy atom. The molecule has 1 aliphatic heterocycles. The summed E-state index contributed by atoms with van der Waals surface area (Å²) in [4.78, 5) is 16.1. The van der Waals surface area contributed by atoms with E-state index in [9.17, 15) is 4.79 Å². The summed E-state index contributed by atoms with van der Waals surface area (Å²) in [5.74, 6) is 1.61. The van der Waals surface area contributed by atoms with E-state index in [1.54, 1.807) is 30.1 Å². The number of hydrogen-bond acceptors (Lipinski definition) is 5. The normalized spacial score (nSPS) is 25.0. The summed E-state index contributed by atoms with van der Waals surface area (Å²) in [6.45, 7) is 2.26. The zero-order valence-electron chi connectivity index (χ0n) is 11.9. The van der Waals surface area contributed by atoms with Crippen molar-refractivity contribution in [3.8, 4) is 0 Å². The lowest BCUT2D eigenvalue weighted by Crippen LogP contribution is -2.20. The summed E-state index contributed by atoms with van der Waals surface area (Å²) in [5, 5.41) is 3.88. The molecule has 1 aromatic rings. The third-order valence-electron chi connectivity index (χ3n) is 4.53. The molecule has 6 heteroatoms. The molecule has 1 saturated carbocycles. The fraction of sp³-hybridized carbons (Fsp3) is 0.643. The smallest absolute Gasteiger partial charge is 0.263 e. The molecule has 2 atom stereocenters. The molecular weight excluding hydrogens is 290 g/mol. The Balaban J connectivity index is 1.91. The first-order chi connectivity index (χ1) is 9.65. The van der Waals surface area contributed by atoms with E-state index < -0.39 is 0 Å². The van der Waals surface area contributed by atoms with Crippen molar-refractivity contribution in [2.45, 2.75) is 24.2 Å². The number of thiophene rings is 1. The van der Waals surface area contributed by atoms with Crippen LogP contribution in [0, 0.1) is 11.8 Å². The maximum Gasteiger partial charge on any atom is 0.263 e. The van der Waals surface area contributed by atoms with Gasteiger partial charge in [0.2, 0.25) is 0 Å². The summed E-state index contributed by atoms with van der Waals surface area (Å²) in [5.41, 5.74) is 6.82. The van der Waals surface area contributed by atoms with E-state index in [0.29, 0.717) is 10.6 Å². The Hall–Kier alpha value is -0.880. The van der Waals surface area contributed by atoms with Crippen molar-refractivity contribution in [2.75, 3.05) is 37.0 Å². The van der Waals surface area contributed by atoms with Crippen LogP contribution in [0.15, 0.2) is 4.90 Å². The molecule has 110 valence electrons. The number of rotatable bonds is 3. The maximum atomic E-state index is 11.9. The highest BCUT2D eigenvalue weighted by molar-refractivity contribution is 7.99. The average Bonchev–Trinajstić information content (AvgIpc) is 3.09. The highest BCUT2D eigenvalue weighted by atomic mass is 32.2. The summed E-state index contributed by atoms with van der Waals surface area (Å²) < 4.78 is 0. The number of thioether (sulfide) groups is 1. The number of nitrogen functional groups attached to an aromatic ring is 1. The zero-order valence-corrected chi connectivity index (χ0v) is 13.6. The molecule has 0 spiro atoms. The molecule has 1 saturated heterocycles. The molecular formula is C14H21N3OS2. The van der Waals surface area contributed by atoms with E-state index in [2.05, 4.69) is 10.2 Å². The predicted molar refractivity (Wildman–Crippen MR) is 86.9 cm³/mol. The van der Waals surface area contributed by atoms with Crippen molar-refractivity contribution in [3.63, 3.8) is 0 Å². The van der Waals surface area contributed by atoms with Gasteiger partial charge in [-0.2, -0.15) is 0 Å². The SMILES string of the molecule is CNC(=O)c1sc(N2CC3CCCC3C2)c(SC)c1N. The highest BCUT2D eigenvalue weighted by Crippen LogP contribution is 2.48. The first-order valence-electron chi connectivity index (χ1n) is 7.09. The lowest BCUT2D eigenvalue weighted by atomic mass is 10.0. The Labute approximate surface area is 128 Å². The van der Waals surface area contributed by atoms with E-state index in [1.807, 2.05) is 6.26 Å². The molecule has 2 unspecified atom stereocenters. The van der Waals surface area contributed by atoms with Gasteiger partial charge in [-0.25, -0.2) is 0 Å². The molecule has 3 rings (SSSR count). The monoisotopic (exact) mass is 311 g/mol. The van der Waals surface area contributed by atoms with Gasteiger partial charge in [0.1, 0.15) is 9.88 Å². The van der Waals surface area contributed by atoms with Gasteiger partial charge in [-0.05, 0) is 30.9 Å². The molecule has 4 nitrogen and oxygen atoms in total. The van der Waals surface area contributed by atoms with Crippen LogP contribution in [0.1, 0.15) is 28.9 Å². The van der Waals surface area contributed by atoms with Crippen LogP contribution in [-0.4, -0.2) is 32.3 Å². The summed E-state index contributed by atoms with van der Waals surface area (Å²) in [6.07, 6.45) is 6.14. The second kappa shape index (κ2) is 5.48. The van der Waals surface area contributed by atoms with E-state index >= 15 is 0 Å². The minimum absolute atomic E-state index is 0.0755. The number of amides is 1. The number of carbonyl (C=O) groups excluding carboxylic acids is 1. The molecule has 2 heterocycles. The largest absolute Gasteiger partial charge is 0.396 e. The Morgan fingerprint density at radius 1 is 1.40 bits per heavy atom. The van der Waals surface area contributed by atoms with Gasteiger partial charge in [0.25, 0.3) is 5.91 Å². The number of nitrogens with one attached hydrogen (secondary N) is 1. The van der Waals surface area contributed by atoms with Crippen molar-refractivity contribution < 1.29 is 4.79 Å². The van der Waals surface area contributed by atoms with Crippen LogP contribution in [0.2, 0.25) is 0 Å². The number of carbonyl (C=O) groups is 1. The minimum Gasteiger partial charge on any atom is -0.396 e. The number of nitrogens with two attached hydrogens (primary N) is 1. The van der Waals surface area contributed by atoms with Crippen molar-refractivity contribution in [1.29, 1.82) is 0 Å². The van der Waals surface area contributed by atoms with E-state index in [0.717, 1.165) is 29.8 Å². The van der Waals surface area contributed by atoms with Crippen LogP contribution in [-0.2, 0) is 0 Å². The molecule has 0 aromatic carbocycles. The van der Waals surface area contributed by atoms with Crippen molar-refractivity contribution in [2.24, 2.45) is 11.8 Å². The molecule has 2 aliphatic rings. The second-order valence-corrected chi connectivity index (χ2v) is 7.43. The van der Waals surface area contributed by atoms with Gasteiger partial charge in [-0.1, -0.05) is 6.42 Å². The van der Waals surface area contributed by atoms with Crippen LogP contribution in [0.4, 0.5) is 10.7 Å². The van der Waals surface area contributed by atoms with Crippen LogP contribution in [0.3, 0.4) is 0 Å². The molecule has 0 bridgehead atoms. The molecule has 3 N–H and O–H groups in total. The van der Waals surface area contributed by atoms with Crippen molar-refractivity contribution in [1.82, 2.24) is 5.32 Å². The average molecular weight is 311 g/mol. The molecule has 1 amide bonds. The molecule has 1 aromatic heterocycles. The first-order valence-corrected chi connectivity index (χ1v) is 9.13. The van der Waals surface area contributed by atoms with Gasteiger partial charge in [-0.3, -0.25) is 4.79 Å². The van der Waals surface area contributed by atoms with Crippen LogP contribution < -0.4 is 16.0 Å². The summed E-state index contributed by atoms with van der Waals surface area (Å²) >= 11 is 3.20. The first kappa shape index (κ1) is 14.1. The molecule has 2 fully saturated rings. The van der Waals surface area contributed by atoms with E-state index in [1.165, 1.54) is 24.3 Å². The minimum atomic E-state index is -0.0755. The van der Waals surface area contributed by atoms with Gasteiger partial charge in [0.05, 0.1) is 10.6 Å². The van der Waals surface area contributed by atoms with Gasteiger partial charge in [0, 0.05) is 20.1 Å². The Morgan fingerprint density at radius 2 is 2.05 bits per heavy atom. The summed E-state index contributed by atoms with van der Waals surface area (Å²) in [7, 11) is 1.65. The number of nitrogens with zero attached hydrogens (tertiary/aromatic N) is 1. The third-order valence-corrected chi connectivity index (χ3v) is 6.75. The molecule has 0 radical (unpaired) electrons. The van der Waals surface area contributed by atoms with Crippen molar-refractivity contribution >= 4 is 39.7 Å². The number of hydrogen-bond donors (Lipinski definition) is 2. The Bertz CT molecular complexity index is 517. The second-order valence-electron chi connectivity index (χ2n) is 5.62. The predicted octanol–water partition coefficient (Wildman–Crippen LogP) is 2.65. The van der Waals surface area contributed by atoms with Crippen molar-refractivity contribution in [3.05, 3.63) is 4.88 Å². The van der Waals surface area contributed by atoms with Crippen LogP contribution >= 0.6 is 23.1 Å². The maximum absolute atomic E-state index is 11.9. The summed E-state index contributed by atoms with van der Waals surface area (Å²) in [6, 6.07) is 0. The van der Waals surface area contributed by atoms with Gasteiger partial charge in [-0.15, -0.1) is 23.1 Å². The zero-order chi connectivity index (χ0) is 14.3. The van der Waals surface area contributed by atoms with Gasteiger partial charge in [0.15, 0.2) is 0 Å². The third kappa shape index (κ3) is 2.19. The number of fused-ring (bicyclic) bond motifs is 1. The van der Waals surface area contributed by atoms with Gasteiger partial charge < -0.3 is 16.0 Å². The van der Waals surface area contributed by atoms with Gasteiger partial charge >= 0.3 is 0 Å². The lowest BCUT2D eigenvalue weighted by Gasteiger charge is -2.18. The fourth-order valence-corrected chi connectivity index (χ4v) is 5.65. The Kier molecular flexibility index (Phi) is 3.86. The lowest BCUT2D eigenvalue weighted by molar-refractivity contribution is 0.0968. The number of anilines is 2. The standard InChI is InChI=1S/C14H21N3OS2/c1-16-13(18)11-10(15)12(19-2)14(20-11)17-6-8-4-3-5-9(8)7-17/h8-9H,3-7,15H2,1-2H3,(H,16,18). The highest BCUT2D eigenvalue weighted by Gasteiger charge is 2.38. The topological polar surface area (TPSA) is 58.4 Å². The van der Waals surface area contributed by atoms with E-state index in [-0.39, 0.29) is 5.91 Å².